The van der Waals surface area contributed by atoms with E-state index in [1.165, 1.54) is 0 Å². The number of rotatable bonds is 6. The fourth-order valence-electron chi connectivity index (χ4n) is 1.19. The lowest BCUT2D eigenvalue weighted by Gasteiger charge is -2.06. The van der Waals surface area contributed by atoms with Crippen molar-refractivity contribution >= 4 is 17.6 Å². The fourth-order valence-corrected chi connectivity index (χ4v) is 1.19. The van der Waals surface area contributed by atoms with Crippen molar-refractivity contribution in [1.29, 1.82) is 0 Å². The van der Waals surface area contributed by atoms with Crippen LogP contribution in [0.3, 0.4) is 0 Å². The Morgan fingerprint density at radius 3 is 2.70 bits per heavy atom. The van der Waals surface area contributed by atoms with Crippen molar-refractivity contribution in [2.75, 3.05) is 20.3 Å². The summed E-state index contributed by atoms with van der Waals surface area (Å²) in [7, 11) is 1.15. The number of hydrogen-bond acceptors (Lipinski definition) is 8. The molecule has 1 heterocycles. The zero-order valence-electron chi connectivity index (χ0n) is 10.8. The Morgan fingerprint density at radius 1 is 1.45 bits per heavy atom. The first kappa shape index (κ1) is 15.3. The molecule has 0 amide bonds. The van der Waals surface area contributed by atoms with Crippen LogP contribution in [-0.4, -0.2) is 42.2 Å². The molecule has 108 valence electrons. The van der Waals surface area contributed by atoms with Crippen LogP contribution < -0.4 is 4.74 Å². The molecule has 0 bridgehead atoms. The van der Waals surface area contributed by atoms with Gasteiger partial charge in [-0.3, -0.25) is 10.1 Å². The molecule has 0 N–H and O–H groups in total. The molecule has 0 fully saturated rings. The van der Waals surface area contributed by atoms with Gasteiger partial charge in [0, 0.05) is 12.3 Å². The Labute approximate surface area is 113 Å². The minimum atomic E-state index is -0.775. The monoisotopic (exact) mass is 284 g/mol. The number of nitro groups is 1. The van der Waals surface area contributed by atoms with E-state index in [0.29, 0.717) is 0 Å². The summed E-state index contributed by atoms with van der Waals surface area (Å²) in [5, 5.41) is 10.9. The Bertz CT molecular complexity index is 530. The first-order valence-corrected chi connectivity index (χ1v) is 5.50. The molecule has 0 aliphatic rings. The van der Waals surface area contributed by atoms with Gasteiger partial charge in [-0.15, -0.1) is 0 Å². The average Bonchev–Trinajstić information content (AvgIpc) is 2.44. The van der Waals surface area contributed by atoms with Crippen LogP contribution in [0.25, 0.3) is 0 Å². The number of methoxy groups -OCH3 is 1. The molecular weight excluding hydrogens is 272 g/mol. The lowest BCUT2D eigenvalue weighted by atomic mass is 10.2. The molecule has 0 spiro atoms. The summed E-state index contributed by atoms with van der Waals surface area (Å²) < 4.78 is 13.9. The van der Waals surface area contributed by atoms with Gasteiger partial charge in [-0.1, -0.05) is 0 Å². The molecule has 0 atom stereocenters. The number of pyridine rings is 1. The van der Waals surface area contributed by atoms with Gasteiger partial charge in [-0.05, 0) is 6.92 Å². The van der Waals surface area contributed by atoms with Gasteiger partial charge in [-0.2, -0.15) is 0 Å². The summed E-state index contributed by atoms with van der Waals surface area (Å²) in [5.74, 6) is -1.83. The van der Waals surface area contributed by atoms with E-state index >= 15 is 0 Å². The van der Waals surface area contributed by atoms with Gasteiger partial charge in [0.1, 0.15) is 0 Å². The van der Waals surface area contributed by atoms with E-state index in [2.05, 4.69) is 9.72 Å². The van der Waals surface area contributed by atoms with E-state index in [9.17, 15) is 19.7 Å². The molecule has 0 radical (unpaired) electrons. The van der Waals surface area contributed by atoms with E-state index in [1.54, 1.807) is 6.92 Å². The Balaban J connectivity index is 2.99. The fraction of sp³-hybridized carbons (Fsp3) is 0.364. The lowest BCUT2D eigenvalue weighted by molar-refractivity contribution is -0.386. The van der Waals surface area contributed by atoms with Crippen LogP contribution in [0.4, 0.5) is 5.69 Å². The van der Waals surface area contributed by atoms with Gasteiger partial charge in [-0.25, -0.2) is 14.6 Å². The van der Waals surface area contributed by atoms with E-state index < -0.39 is 29.2 Å². The molecule has 0 unspecified atom stereocenters. The molecule has 0 aromatic carbocycles. The first-order valence-electron chi connectivity index (χ1n) is 5.50. The molecule has 0 saturated carbocycles. The number of nitrogens with zero attached hydrogens (tertiary/aromatic N) is 2. The van der Waals surface area contributed by atoms with Gasteiger partial charge in [0.2, 0.25) is 0 Å². The molecule has 0 saturated heterocycles. The third-order valence-electron chi connectivity index (χ3n) is 2.09. The van der Waals surface area contributed by atoms with Crippen molar-refractivity contribution in [2.45, 2.75) is 6.92 Å². The Hall–Kier alpha value is -2.71. The van der Waals surface area contributed by atoms with Gasteiger partial charge in [0.15, 0.2) is 6.61 Å². The smallest absolute Gasteiger partial charge is 0.343 e. The Kier molecular flexibility index (Phi) is 5.39. The summed E-state index contributed by atoms with van der Waals surface area (Å²) >= 11 is 0. The second-order valence-corrected chi connectivity index (χ2v) is 3.39. The minimum absolute atomic E-state index is 0.0797. The van der Waals surface area contributed by atoms with Gasteiger partial charge < -0.3 is 14.2 Å². The SMILES string of the molecule is CCOC(=O)c1cnc(OCC(=O)OC)c([N+](=O)[O-])c1. The van der Waals surface area contributed by atoms with Gasteiger partial charge >= 0.3 is 17.6 Å². The second-order valence-electron chi connectivity index (χ2n) is 3.39. The van der Waals surface area contributed by atoms with Crippen molar-refractivity contribution in [3.8, 4) is 5.88 Å². The highest BCUT2D eigenvalue weighted by Gasteiger charge is 2.21. The van der Waals surface area contributed by atoms with Crippen LogP contribution in [0.2, 0.25) is 0 Å². The predicted molar refractivity (Wildman–Crippen MR) is 64.4 cm³/mol. The first-order chi connectivity index (χ1) is 9.49. The van der Waals surface area contributed by atoms with Crippen LogP contribution in [0, 0.1) is 10.1 Å². The van der Waals surface area contributed by atoms with Crippen LogP contribution in [-0.2, 0) is 14.3 Å². The molecule has 9 heteroatoms. The standard InChI is InChI=1S/C11H12N2O7/c1-3-19-11(15)7-4-8(13(16)17)10(12-5-7)20-6-9(14)18-2/h4-5H,3,6H2,1-2H3. The van der Waals surface area contributed by atoms with Crippen LogP contribution in [0.15, 0.2) is 12.3 Å². The number of aromatic nitrogens is 1. The third-order valence-corrected chi connectivity index (χ3v) is 2.09. The van der Waals surface area contributed by atoms with Crippen molar-refractivity contribution < 1.29 is 28.7 Å². The average molecular weight is 284 g/mol. The van der Waals surface area contributed by atoms with Crippen LogP contribution in [0.5, 0.6) is 5.88 Å². The molecule has 0 aliphatic carbocycles. The molecule has 1 aromatic heterocycles. The molecule has 9 nitrogen and oxygen atoms in total. The minimum Gasteiger partial charge on any atom is -0.466 e. The highest BCUT2D eigenvalue weighted by atomic mass is 16.6. The maximum absolute atomic E-state index is 11.4. The normalized spacial score (nSPS) is 9.70. The molecule has 20 heavy (non-hydrogen) atoms. The molecule has 1 rings (SSSR count). The zero-order valence-corrected chi connectivity index (χ0v) is 10.8. The van der Waals surface area contributed by atoms with Crippen molar-refractivity contribution in [3.63, 3.8) is 0 Å². The highest BCUT2D eigenvalue weighted by molar-refractivity contribution is 5.90. The van der Waals surface area contributed by atoms with Crippen LogP contribution >= 0.6 is 0 Å². The predicted octanol–water partition coefficient (Wildman–Crippen LogP) is 0.718. The Morgan fingerprint density at radius 2 is 2.15 bits per heavy atom. The second kappa shape index (κ2) is 7.02. The zero-order chi connectivity index (χ0) is 15.1. The maximum Gasteiger partial charge on any atom is 0.343 e. The van der Waals surface area contributed by atoms with Crippen molar-refractivity contribution in [2.24, 2.45) is 0 Å². The quantitative estimate of drug-likeness (QED) is 0.426. The molecule has 1 aromatic rings. The summed E-state index contributed by atoms with van der Waals surface area (Å²) in [6.45, 7) is 1.21. The summed E-state index contributed by atoms with van der Waals surface area (Å²) in [5.41, 5.74) is -0.622. The number of carbonyl (C=O) groups excluding carboxylic acids is 2. The number of carbonyl (C=O) groups is 2. The van der Waals surface area contributed by atoms with E-state index in [0.717, 1.165) is 19.4 Å². The molecular formula is C11H12N2O7. The van der Waals surface area contributed by atoms with E-state index in [-0.39, 0.29) is 18.1 Å². The number of ether oxygens (including phenoxy) is 3. The van der Waals surface area contributed by atoms with Gasteiger partial charge in [0.25, 0.3) is 5.88 Å². The van der Waals surface area contributed by atoms with Gasteiger partial charge in [0.05, 0.1) is 24.2 Å². The number of hydrogen-bond donors (Lipinski definition) is 0. The maximum atomic E-state index is 11.4. The van der Waals surface area contributed by atoms with Crippen LogP contribution in [0.1, 0.15) is 17.3 Å². The lowest BCUT2D eigenvalue weighted by Crippen LogP contribution is -2.14. The highest BCUT2D eigenvalue weighted by Crippen LogP contribution is 2.25. The topological polar surface area (TPSA) is 118 Å². The van der Waals surface area contributed by atoms with Crippen molar-refractivity contribution in [1.82, 2.24) is 4.98 Å². The summed E-state index contributed by atoms with van der Waals surface area (Å²) in [6.07, 6.45) is 1.07. The molecule has 0 aliphatic heterocycles. The van der Waals surface area contributed by atoms with E-state index in [1.807, 2.05) is 0 Å². The summed E-state index contributed by atoms with van der Waals surface area (Å²) in [4.78, 5) is 36.1. The third kappa shape index (κ3) is 3.90. The van der Waals surface area contributed by atoms with E-state index in [4.69, 9.17) is 9.47 Å². The number of esters is 2. The van der Waals surface area contributed by atoms with Crippen molar-refractivity contribution in [3.05, 3.63) is 27.9 Å². The largest absolute Gasteiger partial charge is 0.466 e. The summed E-state index contributed by atoms with van der Waals surface area (Å²) in [6, 6.07) is 0.970.